The minimum atomic E-state index is -1.09. The summed E-state index contributed by atoms with van der Waals surface area (Å²) in [5.41, 5.74) is 3.62. The number of ether oxygens (including phenoxy) is 1. The van der Waals surface area contributed by atoms with Gasteiger partial charge in [-0.2, -0.15) is 0 Å². The number of fused-ring (bicyclic) bond motifs is 6. The van der Waals surface area contributed by atoms with Crippen molar-refractivity contribution in [1.29, 1.82) is 0 Å². The fourth-order valence-electron chi connectivity index (χ4n) is 7.86. The van der Waals surface area contributed by atoms with Crippen molar-refractivity contribution >= 4 is 57.1 Å². The first-order chi connectivity index (χ1) is 29.0. The molecule has 0 aliphatic rings. The molecule has 0 fully saturated rings. The van der Waals surface area contributed by atoms with Crippen LogP contribution in [0.3, 0.4) is 0 Å². The predicted octanol–water partition coefficient (Wildman–Crippen LogP) is 8.28. The van der Waals surface area contributed by atoms with Crippen molar-refractivity contribution < 1.29 is 44.9 Å². The van der Waals surface area contributed by atoms with Crippen LogP contribution < -0.4 is 10.2 Å². The number of aromatic hydroxyl groups is 7. The van der Waals surface area contributed by atoms with Gasteiger partial charge in [-0.05, 0) is 53.5 Å². The Morgan fingerprint density at radius 3 is 1.88 bits per heavy atom. The van der Waals surface area contributed by atoms with Gasteiger partial charge in [-0.25, -0.2) is 15.0 Å². The Morgan fingerprint density at radius 2 is 1.12 bits per heavy atom. The van der Waals surface area contributed by atoms with E-state index in [0.29, 0.717) is 45.2 Å². The van der Waals surface area contributed by atoms with Crippen molar-refractivity contribution in [3.05, 3.63) is 115 Å². The van der Waals surface area contributed by atoms with Gasteiger partial charge < -0.3 is 49.5 Å². The molecule has 0 bridgehead atoms. The molecule has 0 saturated heterocycles. The van der Waals surface area contributed by atoms with Crippen molar-refractivity contribution in [2.45, 2.75) is 0 Å². The highest BCUT2D eigenvalue weighted by Gasteiger charge is 2.31. The highest BCUT2D eigenvalue weighted by atomic mass is 16.5. The maximum atomic E-state index is 11.4. The van der Waals surface area contributed by atoms with Gasteiger partial charge in [0.25, 0.3) is 0 Å². The van der Waals surface area contributed by atoms with Crippen LogP contribution in [0, 0.1) is 0 Å². The SMILES string of the molecule is [B]c1c(O)c(O)c(O)c2c3c(O)c(O)c(O)c(O)c3n(-c3ccc(-c4nc(-c5ccccc5)nc(-c5ccc6c(c5)oc5ccccc56)n4)c(-c4ccccc4OC)c3)c12. The largest absolute Gasteiger partial charge is 0.505 e. The van der Waals surface area contributed by atoms with Gasteiger partial charge in [0.05, 0.1) is 23.4 Å². The second kappa shape index (κ2) is 13.3. The summed E-state index contributed by atoms with van der Waals surface area (Å²) in [6.45, 7) is 0. The summed E-state index contributed by atoms with van der Waals surface area (Å²) in [5, 5.41) is 77.7. The molecule has 0 unspecified atom stereocenters. The summed E-state index contributed by atoms with van der Waals surface area (Å²) in [6, 6.07) is 35.2. The van der Waals surface area contributed by atoms with Gasteiger partial charge in [0, 0.05) is 38.7 Å². The maximum absolute atomic E-state index is 11.4. The van der Waals surface area contributed by atoms with Crippen LogP contribution in [-0.4, -0.2) is 70.2 Å². The third-order valence-electron chi connectivity index (χ3n) is 10.7. The van der Waals surface area contributed by atoms with Crippen molar-refractivity contribution in [2.75, 3.05) is 7.11 Å². The molecule has 10 rings (SSSR count). The summed E-state index contributed by atoms with van der Waals surface area (Å²) >= 11 is 0. The Hall–Kier alpha value is -8.39. The summed E-state index contributed by atoms with van der Waals surface area (Å²) in [7, 11) is 7.92. The number of phenolic OH excluding ortho intramolecular Hbond substituents is 7. The molecule has 10 aromatic rings. The Kier molecular flexibility index (Phi) is 8.01. The van der Waals surface area contributed by atoms with Crippen molar-refractivity contribution in [3.8, 4) is 97.0 Å². The van der Waals surface area contributed by atoms with E-state index < -0.39 is 45.7 Å². The predicted molar refractivity (Wildman–Crippen MR) is 227 cm³/mol. The van der Waals surface area contributed by atoms with Crippen LogP contribution in [0.15, 0.2) is 120 Å². The van der Waals surface area contributed by atoms with Crippen LogP contribution in [0.1, 0.15) is 0 Å². The topological polar surface area (TPSA) is 208 Å². The third-order valence-corrected chi connectivity index (χ3v) is 10.7. The lowest BCUT2D eigenvalue weighted by molar-refractivity contribution is 0.350. The van der Waals surface area contributed by atoms with E-state index in [9.17, 15) is 35.7 Å². The number of hydrogen-bond donors (Lipinski definition) is 7. The summed E-state index contributed by atoms with van der Waals surface area (Å²) < 4.78 is 13.3. The van der Waals surface area contributed by atoms with E-state index >= 15 is 0 Å². The third kappa shape index (κ3) is 5.24. The van der Waals surface area contributed by atoms with Gasteiger partial charge in [-0.15, -0.1) is 0 Å². The monoisotopic (exact) mass is 792 g/mol. The molecule has 13 nitrogen and oxygen atoms in total. The molecule has 7 N–H and O–H groups in total. The number of nitrogens with zero attached hydrogens (tertiary/aromatic N) is 4. The second-order valence-corrected chi connectivity index (χ2v) is 14.0. The first kappa shape index (κ1) is 36.0. The zero-order valence-electron chi connectivity index (χ0n) is 31.3. The second-order valence-electron chi connectivity index (χ2n) is 14.0. The van der Waals surface area contributed by atoms with E-state index in [1.165, 1.54) is 11.7 Å². The molecule has 14 heteroatoms. The van der Waals surface area contributed by atoms with Gasteiger partial charge in [0.2, 0.25) is 11.5 Å². The van der Waals surface area contributed by atoms with Gasteiger partial charge in [0.15, 0.2) is 46.2 Å². The molecule has 0 spiro atoms. The molecular formula is C46H29BN4O9. The first-order valence-electron chi connectivity index (χ1n) is 18.4. The number of hydrogen-bond acceptors (Lipinski definition) is 12. The molecule has 0 atom stereocenters. The number of furan rings is 1. The van der Waals surface area contributed by atoms with Crippen LogP contribution in [0.2, 0.25) is 0 Å². The van der Waals surface area contributed by atoms with Crippen molar-refractivity contribution in [1.82, 2.24) is 19.5 Å². The average Bonchev–Trinajstić information content (AvgIpc) is 3.85. The average molecular weight is 793 g/mol. The molecule has 7 aromatic carbocycles. The minimum Gasteiger partial charge on any atom is -0.505 e. The van der Waals surface area contributed by atoms with Crippen LogP contribution in [0.5, 0.6) is 46.0 Å². The Bertz CT molecular complexity index is 3340. The van der Waals surface area contributed by atoms with Crippen molar-refractivity contribution in [3.63, 3.8) is 0 Å². The maximum Gasteiger partial charge on any atom is 0.206 e. The van der Waals surface area contributed by atoms with Crippen LogP contribution >= 0.6 is 0 Å². The lowest BCUT2D eigenvalue weighted by Gasteiger charge is -2.18. The highest BCUT2D eigenvalue weighted by molar-refractivity contribution is 6.43. The van der Waals surface area contributed by atoms with Gasteiger partial charge in [-0.1, -0.05) is 72.8 Å². The van der Waals surface area contributed by atoms with E-state index in [4.69, 9.17) is 32.0 Å². The number of phenols is 7. The van der Waals surface area contributed by atoms with E-state index in [2.05, 4.69) is 0 Å². The smallest absolute Gasteiger partial charge is 0.206 e. The summed E-state index contributed by atoms with van der Waals surface area (Å²) in [6.07, 6.45) is 0. The standard InChI is InChI=1S/C46H29BN4O9/c1-59-29-13-7-5-12-25(29)28-20-23(51-35-32(37(52)41(56)39(54)34(35)47)33-36(51)40(55)43(58)42(57)38(33)53)16-18-27(28)46-49-44(21-9-3-2-4-10-21)48-45(50-46)22-15-17-26-24-11-6-8-14-30(24)60-31(26)19-22/h2-20,52-58H,1H3. The zero-order chi connectivity index (χ0) is 41.6. The van der Waals surface area contributed by atoms with Gasteiger partial charge in [0.1, 0.15) is 30.3 Å². The van der Waals surface area contributed by atoms with Crippen LogP contribution in [0.4, 0.5) is 0 Å². The van der Waals surface area contributed by atoms with E-state index in [-0.39, 0.29) is 33.3 Å². The van der Waals surface area contributed by atoms with Gasteiger partial charge in [-0.3, -0.25) is 0 Å². The number of methoxy groups -OCH3 is 1. The Balaban J connectivity index is 1.28. The number of aromatic nitrogens is 4. The highest BCUT2D eigenvalue weighted by Crippen LogP contribution is 2.56. The number of benzene rings is 7. The number of para-hydroxylation sites is 2. The van der Waals surface area contributed by atoms with Crippen LogP contribution in [0.25, 0.3) is 94.7 Å². The van der Waals surface area contributed by atoms with Crippen molar-refractivity contribution in [2.24, 2.45) is 0 Å². The lowest BCUT2D eigenvalue weighted by atomic mass is 9.90. The molecule has 290 valence electrons. The fourth-order valence-corrected chi connectivity index (χ4v) is 7.86. The summed E-state index contributed by atoms with van der Waals surface area (Å²) in [4.78, 5) is 14.9. The molecule has 0 amide bonds. The van der Waals surface area contributed by atoms with E-state index in [0.717, 1.165) is 21.9 Å². The fraction of sp³-hybridized carbons (Fsp3) is 0.0217. The summed E-state index contributed by atoms with van der Waals surface area (Å²) in [5.74, 6) is -5.31. The van der Waals surface area contributed by atoms with E-state index in [1.807, 2.05) is 84.9 Å². The minimum absolute atomic E-state index is 0.179. The molecule has 3 aromatic heterocycles. The number of rotatable bonds is 6. The molecule has 0 saturated carbocycles. The van der Waals surface area contributed by atoms with Gasteiger partial charge >= 0.3 is 0 Å². The quantitative estimate of drug-likeness (QED) is 0.0482. The first-order valence-corrected chi connectivity index (χ1v) is 18.4. The molecular weight excluding hydrogens is 763 g/mol. The Labute approximate surface area is 340 Å². The van der Waals surface area contributed by atoms with Crippen LogP contribution in [-0.2, 0) is 0 Å². The molecule has 3 heterocycles. The normalized spacial score (nSPS) is 11.6. The molecule has 0 aliphatic carbocycles. The molecule has 0 aliphatic heterocycles. The lowest BCUT2D eigenvalue weighted by Crippen LogP contribution is -2.10. The zero-order valence-corrected chi connectivity index (χ0v) is 31.3. The molecule has 60 heavy (non-hydrogen) atoms. The van der Waals surface area contributed by atoms with E-state index in [1.54, 1.807) is 30.3 Å². The Morgan fingerprint density at radius 1 is 0.500 bits per heavy atom. The molecule has 2 radical (unpaired) electrons.